The molecule has 0 bridgehead atoms. The van der Waals surface area contributed by atoms with Crippen molar-refractivity contribution < 1.29 is 32.8 Å². The molecule has 0 aliphatic carbocycles. The molecule has 5 aromatic carbocycles. The van der Waals surface area contributed by atoms with Crippen molar-refractivity contribution in [3.63, 3.8) is 0 Å². The topological polar surface area (TPSA) is 129 Å². The summed E-state index contributed by atoms with van der Waals surface area (Å²) in [6.07, 6.45) is 0. The van der Waals surface area contributed by atoms with E-state index in [1.165, 1.54) is 18.2 Å². The number of carboxylic acid groups (broad SMARTS) is 2. The number of rotatable bonds is 7. The monoisotopic (exact) mass is 586 g/mol. The Kier molecular flexibility index (Phi) is 8.49. The first-order valence-corrected chi connectivity index (χ1v) is 16.7. The molecule has 0 amide bonds. The van der Waals surface area contributed by atoms with Crippen LogP contribution in [0.4, 0.5) is 0 Å². The Morgan fingerprint density at radius 1 is 0.463 bits per heavy atom. The van der Waals surface area contributed by atoms with E-state index in [9.17, 15) is 22.6 Å². The van der Waals surface area contributed by atoms with E-state index in [0.717, 1.165) is 6.07 Å². The van der Waals surface area contributed by atoms with Gasteiger partial charge in [-0.2, -0.15) is 0 Å². The first-order chi connectivity index (χ1) is 19.6. The predicted octanol–water partition coefficient (Wildman–Crippen LogP) is 4.73. The molecule has 0 radical (unpaired) electrons. The van der Waals surface area contributed by atoms with Crippen LogP contribution in [-0.4, -0.2) is 35.1 Å². The van der Waals surface area contributed by atoms with Gasteiger partial charge in [-0.3, -0.25) is 0 Å². The molecule has 0 saturated carbocycles. The molecule has 0 aromatic heterocycles. The summed E-state index contributed by atoms with van der Waals surface area (Å²) in [4.78, 5) is 20.8. The normalized spacial score (nSPS) is 12.2. The molecule has 0 aliphatic heterocycles. The number of aromatic carboxylic acids is 2. The third-order valence-corrected chi connectivity index (χ3v) is 18.2. The first-order valence-electron chi connectivity index (χ1n) is 12.4. The molecule has 0 aliphatic rings. The zero-order valence-electron chi connectivity index (χ0n) is 21.7. The van der Waals surface area contributed by atoms with Crippen LogP contribution in [-0.2, 0) is 9.74 Å². The van der Waals surface area contributed by atoms with Crippen LogP contribution in [0.5, 0.6) is 0 Å². The Labute approximate surface area is 237 Å². The molecule has 7 nitrogen and oxygen atoms in total. The zero-order valence-corrected chi connectivity index (χ0v) is 23.4. The summed E-state index contributed by atoms with van der Waals surface area (Å²) in [5.74, 6) is -6.81. The summed E-state index contributed by atoms with van der Waals surface area (Å²) in [6.45, 7) is 0. The van der Waals surface area contributed by atoms with E-state index in [1.807, 2.05) is 72.8 Å². The molecule has 0 unspecified atom stereocenters. The van der Waals surface area contributed by atoms with E-state index >= 15 is 0 Å². The van der Waals surface area contributed by atoms with E-state index in [-0.39, 0.29) is 11.1 Å². The van der Waals surface area contributed by atoms with Gasteiger partial charge < -0.3 is 10.2 Å². The molecule has 0 spiro atoms. The second-order valence-electron chi connectivity index (χ2n) is 9.02. The van der Waals surface area contributed by atoms with Gasteiger partial charge in [-0.05, 0) is 18.2 Å². The van der Waals surface area contributed by atoms with E-state index in [2.05, 4.69) is 0 Å². The van der Waals surface area contributed by atoms with Crippen molar-refractivity contribution in [3.8, 4) is 0 Å². The van der Waals surface area contributed by atoms with Gasteiger partial charge in [-0.15, -0.1) is 0 Å². The fraction of sp³-hybridized carbons (Fsp3) is 0. The molecule has 5 rings (SSSR count). The molecule has 0 fully saturated rings. The van der Waals surface area contributed by atoms with Crippen LogP contribution < -0.4 is 21.2 Å². The van der Waals surface area contributed by atoms with Gasteiger partial charge in [-0.25, -0.2) is 9.59 Å². The Balaban J connectivity index is 0.000000271. The standard InChI is InChI=1S/C24H21O3PS.C8H6O4/c25-29(26,27)28(21-13-5-1-6-14-21,22-15-7-2-8-16-22,23-17-9-3-10-18-23)24-19-11-4-12-20-24;9-7(10)5-2-1-3-6(4-5)8(11)12/h1-20H,(H,25,26,27);1-4H,(H,9,10)(H,11,12). The van der Waals surface area contributed by atoms with Crippen molar-refractivity contribution >= 4 is 48.7 Å². The molecule has 0 atom stereocenters. The van der Waals surface area contributed by atoms with Crippen LogP contribution in [0.3, 0.4) is 0 Å². The van der Waals surface area contributed by atoms with Crippen LogP contribution in [0, 0.1) is 0 Å². The summed E-state index contributed by atoms with van der Waals surface area (Å²) in [7, 11) is -4.67. The van der Waals surface area contributed by atoms with Gasteiger partial charge in [0.25, 0.3) is 0 Å². The molecule has 3 N–H and O–H groups in total. The molecular weight excluding hydrogens is 559 g/mol. The average Bonchev–Trinajstić information content (AvgIpc) is 3.00. The van der Waals surface area contributed by atoms with Gasteiger partial charge in [-0.1, -0.05) is 6.07 Å². The summed E-state index contributed by atoms with van der Waals surface area (Å²) in [6, 6.07) is 41.5. The Morgan fingerprint density at radius 2 is 0.732 bits per heavy atom. The van der Waals surface area contributed by atoms with Gasteiger partial charge in [0.1, 0.15) is 0 Å². The summed E-state index contributed by atoms with van der Waals surface area (Å²) in [5, 5.41) is 19.3. The molecule has 41 heavy (non-hydrogen) atoms. The van der Waals surface area contributed by atoms with Crippen LogP contribution in [0.1, 0.15) is 20.7 Å². The third kappa shape index (κ3) is 4.93. The fourth-order valence-electron chi connectivity index (χ4n) is 5.06. The minimum atomic E-state index is -4.67. The number of carboxylic acids is 2. The predicted molar refractivity (Wildman–Crippen MR) is 163 cm³/mol. The van der Waals surface area contributed by atoms with Gasteiger partial charge in [0.05, 0.1) is 11.1 Å². The Morgan fingerprint density at radius 3 is 0.951 bits per heavy atom. The maximum absolute atomic E-state index is 13.8. The minimum absolute atomic E-state index is 0.0186. The SMILES string of the molecule is O=C(O)c1cccc(C(=O)O)c1.O=S(=O)(O)P(c1ccccc1)(c1ccccc1)(c1ccccc1)c1ccccc1. The summed E-state index contributed by atoms with van der Waals surface area (Å²) in [5.41, 5.74) is -0.0372. The number of hydrogen-bond donors (Lipinski definition) is 3. The first kappa shape index (κ1) is 29.4. The third-order valence-electron chi connectivity index (χ3n) is 6.81. The van der Waals surface area contributed by atoms with Crippen LogP contribution >= 0.6 is 5.81 Å². The van der Waals surface area contributed by atoms with Gasteiger partial charge in [0.15, 0.2) is 0 Å². The van der Waals surface area contributed by atoms with Crippen molar-refractivity contribution in [2.24, 2.45) is 0 Å². The summed E-state index contributed by atoms with van der Waals surface area (Å²) >= 11 is 0. The van der Waals surface area contributed by atoms with E-state index < -0.39 is 27.5 Å². The Bertz CT molecular complexity index is 1560. The molecule has 0 saturated heterocycles. The van der Waals surface area contributed by atoms with Crippen molar-refractivity contribution in [2.45, 2.75) is 0 Å². The average molecular weight is 587 g/mol. The molecule has 5 aromatic rings. The Hall–Kier alpha value is -4.62. The van der Waals surface area contributed by atoms with Crippen LogP contribution in [0.25, 0.3) is 0 Å². The fourth-order valence-corrected chi connectivity index (χ4v) is 15.5. The number of benzene rings is 5. The molecule has 9 heteroatoms. The second-order valence-corrected chi connectivity index (χ2v) is 17.6. The van der Waals surface area contributed by atoms with Gasteiger partial charge in [0.2, 0.25) is 0 Å². The van der Waals surface area contributed by atoms with Crippen molar-refractivity contribution in [3.05, 3.63) is 157 Å². The zero-order chi connectivity index (χ0) is 29.5. The van der Waals surface area contributed by atoms with Gasteiger partial charge in [0, 0.05) is 0 Å². The number of hydrogen-bond acceptors (Lipinski definition) is 4. The van der Waals surface area contributed by atoms with Gasteiger partial charge >= 0.3 is 183 Å². The van der Waals surface area contributed by atoms with Crippen LogP contribution in [0.15, 0.2) is 146 Å². The second kappa shape index (κ2) is 11.9. The van der Waals surface area contributed by atoms with Crippen molar-refractivity contribution in [1.82, 2.24) is 0 Å². The van der Waals surface area contributed by atoms with Crippen molar-refractivity contribution in [2.75, 3.05) is 0 Å². The van der Waals surface area contributed by atoms with E-state index in [0.29, 0.717) is 21.2 Å². The molecule has 0 heterocycles. The number of carbonyl (C=O) groups is 2. The molecule has 208 valence electrons. The maximum atomic E-state index is 13.8. The molecular formula is C32H27O7PS. The van der Waals surface area contributed by atoms with Crippen LogP contribution in [0.2, 0.25) is 0 Å². The van der Waals surface area contributed by atoms with E-state index in [1.54, 1.807) is 48.5 Å². The van der Waals surface area contributed by atoms with Crippen molar-refractivity contribution in [1.29, 1.82) is 0 Å². The summed E-state index contributed by atoms with van der Waals surface area (Å²) < 4.78 is 38.8. The quantitative estimate of drug-likeness (QED) is 0.186. The van der Waals surface area contributed by atoms with E-state index in [4.69, 9.17) is 10.2 Å².